The van der Waals surface area contributed by atoms with Gasteiger partial charge >= 0.3 is 5.97 Å². The van der Waals surface area contributed by atoms with Gasteiger partial charge in [-0.25, -0.2) is 18.4 Å². The van der Waals surface area contributed by atoms with Crippen molar-refractivity contribution in [3.05, 3.63) is 12.7 Å². The number of rotatable bonds is 5. The van der Waals surface area contributed by atoms with Gasteiger partial charge in [0, 0.05) is 12.5 Å². The van der Waals surface area contributed by atoms with E-state index in [1.807, 2.05) is 0 Å². The molecule has 2 N–H and O–H groups in total. The summed E-state index contributed by atoms with van der Waals surface area (Å²) in [5.74, 6) is -0.785. The highest BCUT2D eigenvalue weighted by atomic mass is 32.2. The molecule has 0 radical (unpaired) electrons. The molecule has 0 amide bonds. The molecule has 0 spiro atoms. The van der Waals surface area contributed by atoms with Crippen molar-refractivity contribution >= 4 is 16.0 Å². The summed E-state index contributed by atoms with van der Waals surface area (Å²) >= 11 is 0. The van der Waals surface area contributed by atoms with Crippen LogP contribution in [0.5, 0.6) is 0 Å². The Hall–Kier alpha value is -0.880. The van der Waals surface area contributed by atoms with Crippen molar-refractivity contribution < 1.29 is 17.9 Å². The summed E-state index contributed by atoms with van der Waals surface area (Å²) in [5.41, 5.74) is -1.26. The summed E-state index contributed by atoms with van der Waals surface area (Å²) in [6, 6.07) is 0. The molecule has 6 heteroatoms. The van der Waals surface area contributed by atoms with Crippen molar-refractivity contribution in [1.29, 1.82) is 0 Å². The van der Waals surface area contributed by atoms with Crippen LogP contribution in [0.25, 0.3) is 0 Å². The highest BCUT2D eigenvalue weighted by molar-refractivity contribution is 7.89. The predicted molar refractivity (Wildman–Crippen MR) is 48.1 cm³/mol. The fraction of sp³-hybridized carbons (Fsp3) is 0.571. The first-order valence-electron chi connectivity index (χ1n) is 3.76. The predicted octanol–water partition coefficient (Wildman–Crippen LogP) is 0.130. The van der Waals surface area contributed by atoms with Gasteiger partial charge in [0.05, 0.1) is 0 Å². The lowest BCUT2D eigenvalue weighted by Crippen LogP contribution is -2.32. The van der Waals surface area contributed by atoms with E-state index < -0.39 is 21.4 Å². The number of sulfonamides is 1. The number of hydrogen-bond acceptors (Lipinski definition) is 4. The molecule has 13 heavy (non-hydrogen) atoms. The number of nitrogens with two attached hydrogens (primary N) is 1. The largest absolute Gasteiger partial charge is 0.441 e. The summed E-state index contributed by atoms with van der Waals surface area (Å²) in [7, 11) is -3.82. The topological polar surface area (TPSA) is 86.5 Å². The summed E-state index contributed by atoms with van der Waals surface area (Å²) in [6.07, 6.45) is 1.65. The quantitative estimate of drug-likeness (QED) is 0.513. The van der Waals surface area contributed by atoms with Crippen LogP contribution in [0.3, 0.4) is 0 Å². The lowest BCUT2D eigenvalue weighted by Gasteiger charge is -2.13. The normalized spacial score (nSPS) is 13.4. The van der Waals surface area contributed by atoms with E-state index in [1.165, 1.54) is 0 Å². The molecule has 0 saturated heterocycles. The highest BCUT2D eigenvalue weighted by Gasteiger charge is 2.23. The third-order valence-corrected chi connectivity index (χ3v) is 2.37. The Labute approximate surface area is 77.6 Å². The van der Waals surface area contributed by atoms with Crippen LogP contribution in [0.2, 0.25) is 0 Å². The number of ether oxygens (including phenoxy) is 1. The van der Waals surface area contributed by atoms with E-state index in [-0.39, 0.29) is 6.42 Å². The van der Waals surface area contributed by atoms with Crippen molar-refractivity contribution in [3.63, 3.8) is 0 Å². The average Bonchev–Trinajstić information content (AvgIpc) is 2.01. The first-order chi connectivity index (χ1) is 5.91. The van der Waals surface area contributed by atoms with Crippen LogP contribution in [0, 0.1) is 0 Å². The van der Waals surface area contributed by atoms with Gasteiger partial charge in [-0.1, -0.05) is 19.9 Å². The molecule has 0 aliphatic heterocycles. The van der Waals surface area contributed by atoms with E-state index in [1.54, 1.807) is 6.92 Å². The monoisotopic (exact) mass is 207 g/mol. The third-order valence-electron chi connectivity index (χ3n) is 1.31. The van der Waals surface area contributed by atoms with Crippen molar-refractivity contribution in [3.8, 4) is 0 Å². The number of carbonyl (C=O) groups excluding carboxylic acids is 1. The van der Waals surface area contributed by atoms with E-state index in [9.17, 15) is 13.2 Å². The average molecular weight is 207 g/mol. The molecule has 0 aromatic rings. The van der Waals surface area contributed by atoms with Crippen molar-refractivity contribution in [2.24, 2.45) is 5.14 Å². The molecule has 0 aromatic carbocycles. The molecule has 0 aromatic heterocycles. The van der Waals surface area contributed by atoms with Gasteiger partial charge in [-0.05, 0) is 0 Å². The summed E-state index contributed by atoms with van der Waals surface area (Å²) in [5, 5.41) is 4.83. The Balaban J connectivity index is 4.44. The molecular weight excluding hydrogens is 194 g/mol. The van der Waals surface area contributed by atoms with Gasteiger partial charge in [0.15, 0.2) is 0 Å². The zero-order valence-electron chi connectivity index (χ0n) is 7.39. The van der Waals surface area contributed by atoms with Crippen LogP contribution in [-0.4, -0.2) is 19.8 Å². The van der Waals surface area contributed by atoms with E-state index in [0.717, 1.165) is 6.08 Å². The minimum atomic E-state index is -3.82. The van der Waals surface area contributed by atoms with E-state index in [2.05, 4.69) is 11.3 Å². The van der Waals surface area contributed by atoms with Crippen LogP contribution in [0.15, 0.2) is 12.7 Å². The van der Waals surface area contributed by atoms with Crippen molar-refractivity contribution in [1.82, 2.24) is 0 Å². The van der Waals surface area contributed by atoms with E-state index in [4.69, 9.17) is 5.14 Å². The molecule has 0 fully saturated rings. The Morgan fingerprint density at radius 3 is 2.54 bits per heavy atom. The smallest absolute Gasteiger partial charge is 0.331 e. The molecule has 0 heterocycles. The second-order valence-corrected chi connectivity index (χ2v) is 4.15. The van der Waals surface area contributed by atoms with Gasteiger partial charge in [0.2, 0.25) is 15.5 Å². The standard InChI is InChI=1S/C7H13NO4S/c1-3-5-7(13(8,10)11)12-6(9)4-2/h4,7H,2-3,5H2,1H3,(H2,8,10,11). The molecule has 0 rings (SSSR count). The highest BCUT2D eigenvalue weighted by Crippen LogP contribution is 2.07. The molecular formula is C7H13NO4S. The van der Waals surface area contributed by atoms with Crippen molar-refractivity contribution in [2.45, 2.75) is 25.2 Å². The van der Waals surface area contributed by atoms with E-state index >= 15 is 0 Å². The van der Waals surface area contributed by atoms with Gasteiger partial charge < -0.3 is 4.74 Å². The summed E-state index contributed by atoms with van der Waals surface area (Å²) in [6.45, 7) is 4.91. The molecule has 5 nitrogen and oxygen atoms in total. The Kier molecular flexibility index (Phi) is 4.64. The maximum atomic E-state index is 10.8. The number of carbonyl (C=O) groups is 1. The molecule has 0 bridgehead atoms. The fourth-order valence-corrected chi connectivity index (χ4v) is 1.50. The Morgan fingerprint density at radius 1 is 1.69 bits per heavy atom. The number of esters is 1. The van der Waals surface area contributed by atoms with Crippen LogP contribution < -0.4 is 5.14 Å². The Morgan fingerprint density at radius 2 is 2.23 bits per heavy atom. The maximum absolute atomic E-state index is 10.8. The second kappa shape index (κ2) is 4.98. The molecule has 0 aliphatic rings. The third kappa shape index (κ3) is 4.64. The molecule has 76 valence electrons. The van der Waals surface area contributed by atoms with Gasteiger partial charge in [0.1, 0.15) is 0 Å². The zero-order valence-corrected chi connectivity index (χ0v) is 8.21. The van der Waals surface area contributed by atoms with Crippen molar-refractivity contribution in [2.75, 3.05) is 0 Å². The van der Waals surface area contributed by atoms with Crippen LogP contribution in [0.1, 0.15) is 19.8 Å². The number of hydrogen-bond donors (Lipinski definition) is 1. The minimum absolute atomic E-state index is 0.193. The SMILES string of the molecule is C=CC(=O)OC(CCC)S(N)(=O)=O. The molecule has 1 unspecified atom stereocenters. The minimum Gasteiger partial charge on any atom is -0.441 e. The second-order valence-electron chi connectivity index (χ2n) is 2.45. The first kappa shape index (κ1) is 12.1. The number of primary sulfonamides is 1. The summed E-state index contributed by atoms with van der Waals surface area (Å²) in [4.78, 5) is 10.7. The maximum Gasteiger partial charge on any atom is 0.331 e. The van der Waals surface area contributed by atoms with E-state index in [0.29, 0.717) is 6.42 Å². The zero-order chi connectivity index (χ0) is 10.5. The van der Waals surface area contributed by atoms with Crippen LogP contribution in [-0.2, 0) is 19.6 Å². The lowest BCUT2D eigenvalue weighted by molar-refractivity contribution is -0.139. The molecule has 1 atom stereocenters. The summed E-state index contributed by atoms with van der Waals surface area (Å²) < 4.78 is 26.2. The van der Waals surface area contributed by atoms with Gasteiger partial charge in [-0.2, -0.15) is 0 Å². The fourth-order valence-electron chi connectivity index (χ4n) is 0.704. The van der Waals surface area contributed by atoms with Gasteiger partial charge in [-0.3, -0.25) is 0 Å². The lowest BCUT2D eigenvalue weighted by atomic mass is 10.3. The van der Waals surface area contributed by atoms with Crippen LogP contribution in [0.4, 0.5) is 0 Å². The molecule has 0 saturated carbocycles. The first-order valence-corrected chi connectivity index (χ1v) is 5.37. The Bertz CT molecular complexity index is 283. The van der Waals surface area contributed by atoms with Gasteiger partial charge in [-0.15, -0.1) is 0 Å². The van der Waals surface area contributed by atoms with Crippen LogP contribution >= 0.6 is 0 Å². The van der Waals surface area contributed by atoms with Gasteiger partial charge in [0.25, 0.3) is 0 Å². The molecule has 0 aliphatic carbocycles.